The van der Waals surface area contributed by atoms with Crippen molar-refractivity contribution in [2.75, 3.05) is 18.4 Å². The van der Waals surface area contributed by atoms with Crippen molar-refractivity contribution >= 4 is 22.3 Å². The van der Waals surface area contributed by atoms with Crippen molar-refractivity contribution in [2.45, 2.75) is 19.3 Å². The van der Waals surface area contributed by atoms with Crippen LogP contribution in [-0.2, 0) is 4.79 Å². The number of alkyl halides is 1. The predicted molar refractivity (Wildman–Crippen MR) is 48.8 cm³/mol. The molecule has 0 aromatic carbocycles. The van der Waals surface area contributed by atoms with Crippen molar-refractivity contribution < 1.29 is 4.79 Å². The van der Waals surface area contributed by atoms with Gasteiger partial charge in [-0.3, -0.25) is 4.79 Å². The van der Waals surface area contributed by atoms with E-state index in [1.165, 1.54) is 19.3 Å². The van der Waals surface area contributed by atoms with E-state index in [0.717, 1.165) is 30.7 Å². The van der Waals surface area contributed by atoms with Gasteiger partial charge in [0, 0.05) is 18.4 Å². The molecule has 0 N–H and O–H groups in total. The monoisotopic (exact) mass is 219 g/mol. The average Bonchev–Trinajstić information content (AvgIpc) is 2.48. The van der Waals surface area contributed by atoms with E-state index >= 15 is 0 Å². The molecule has 1 fully saturated rings. The minimum atomic E-state index is 0.762. The summed E-state index contributed by atoms with van der Waals surface area (Å²) in [7, 11) is 0. The molecule has 0 aromatic heterocycles. The summed E-state index contributed by atoms with van der Waals surface area (Å²) in [6, 6.07) is 0. The smallest absolute Gasteiger partial charge is 0.209 e. The lowest BCUT2D eigenvalue weighted by atomic mass is 10.0. The highest BCUT2D eigenvalue weighted by Gasteiger charge is 2.19. The SMILES string of the molecule is O=CN1CCC(CCCBr)C1. The third-order valence-corrected chi connectivity index (χ3v) is 2.77. The van der Waals surface area contributed by atoms with Crippen LogP contribution in [0, 0.1) is 5.92 Å². The molecule has 1 atom stereocenters. The standard InChI is InChI=1S/C8H14BrNO/c9-4-1-2-8-3-5-10(6-8)7-11/h7-8H,1-6H2. The Labute approximate surface area is 76.1 Å². The van der Waals surface area contributed by atoms with Gasteiger partial charge in [-0.25, -0.2) is 0 Å². The Bertz CT molecular complexity index is 129. The van der Waals surface area contributed by atoms with E-state index in [-0.39, 0.29) is 0 Å². The molecule has 0 aromatic rings. The van der Waals surface area contributed by atoms with E-state index in [0.29, 0.717) is 0 Å². The highest BCUT2D eigenvalue weighted by molar-refractivity contribution is 9.09. The second-order valence-electron chi connectivity index (χ2n) is 3.09. The fraction of sp³-hybridized carbons (Fsp3) is 0.875. The van der Waals surface area contributed by atoms with Crippen molar-refractivity contribution in [3.8, 4) is 0 Å². The molecule has 1 rings (SSSR count). The third-order valence-electron chi connectivity index (χ3n) is 2.21. The van der Waals surface area contributed by atoms with Crippen LogP contribution in [0.5, 0.6) is 0 Å². The summed E-state index contributed by atoms with van der Waals surface area (Å²) < 4.78 is 0. The number of halogens is 1. The number of likely N-dealkylation sites (tertiary alicyclic amines) is 1. The van der Waals surface area contributed by atoms with Gasteiger partial charge in [0.15, 0.2) is 0 Å². The Kier molecular flexibility index (Phi) is 3.91. The van der Waals surface area contributed by atoms with Crippen molar-refractivity contribution in [3.63, 3.8) is 0 Å². The second kappa shape index (κ2) is 4.75. The largest absolute Gasteiger partial charge is 0.345 e. The summed E-state index contributed by atoms with van der Waals surface area (Å²) in [5, 5.41) is 1.09. The van der Waals surface area contributed by atoms with Crippen LogP contribution >= 0.6 is 15.9 Å². The zero-order chi connectivity index (χ0) is 8.10. The number of carbonyl (C=O) groups is 1. The van der Waals surface area contributed by atoms with E-state index in [4.69, 9.17) is 0 Å². The van der Waals surface area contributed by atoms with Crippen molar-refractivity contribution in [2.24, 2.45) is 5.92 Å². The normalized spacial score (nSPS) is 24.1. The van der Waals surface area contributed by atoms with Crippen LogP contribution in [0.2, 0.25) is 0 Å². The Balaban J connectivity index is 2.14. The van der Waals surface area contributed by atoms with Gasteiger partial charge in [0.1, 0.15) is 0 Å². The summed E-state index contributed by atoms with van der Waals surface area (Å²) >= 11 is 3.41. The summed E-state index contributed by atoms with van der Waals surface area (Å²) in [6.45, 7) is 1.95. The van der Waals surface area contributed by atoms with Crippen LogP contribution in [0.1, 0.15) is 19.3 Å². The first kappa shape index (κ1) is 9.04. The summed E-state index contributed by atoms with van der Waals surface area (Å²) in [5.74, 6) is 0.762. The molecule has 1 saturated heterocycles. The number of hydrogen-bond acceptors (Lipinski definition) is 1. The summed E-state index contributed by atoms with van der Waals surface area (Å²) in [5.41, 5.74) is 0. The van der Waals surface area contributed by atoms with Crippen molar-refractivity contribution in [1.29, 1.82) is 0 Å². The van der Waals surface area contributed by atoms with Crippen molar-refractivity contribution in [3.05, 3.63) is 0 Å². The van der Waals surface area contributed by atoms with E-state index < -0.39 is 0 Å². The number of nitrogens with zero attached hydrogens (tertiary/aromatic N) is 1. The molecule has 0 bridgehead atoms. The number of rotatable bonds is 4. The first-order valence-corrected chi connectivity index (χ1v) is 5.24. The fourth-order valence-corrected chi connectivity index (χ4v) is 1.88. The molecule has 0 aliphatic carbocycles. The third kappa shape index (κ3) is 2.81. The first-order valence-electron chi connectivity index (χ1n) is 4.12. The topological polar surface area (TPSA) is 20.3 Å². The molecule has 0 saturated carbocycles. The molecule has 0 radical (unpaired) electrons. The number of hydrogen-bond donors (Lipinski definition) is 0. The second-order valence-corrected chi connectivity index (χ2v) is 3.88. The lowest BCUT2D eigenvalue weighted by Gasteiger charge is -2.08. The molecule has 1 heterocycles. The van der Waals surface area contributed by atoms with Gasteiger partial charge >= 0.3 is 0 Å². The van der Waals surface area contributed by atoms with Crippen LogP contribution in [0.25, 0.3) is 0 Å². The maximum Gasteiger partial charge on any atom is 0.209 e. The molecular formula is C8H14BrNO. The maximum absolute atomic E-state index is 10.3. The molecule has 2 nitrogen and oxygen atoms in total. The summed E-state index contributed by atoms with van der Waals surface area (Å²) in [4.78, 5) is 12.2. The van der Waals surface area contributed by atoms with Crippen LogP contribution in [-0.4, -0.2) is 29.7 Å². The average molecular weight is 220 g/mol. The molecule has 1 aliphatic heterocycles. The zero-order valence-electron chi connectivity index (χ0n) is 6.63. The van der Waals surface area contributed by atoms with Gasteiger partial charge in [0.25, 0.3) is 0 Å². The molecule has 11 heavy (non-hydrogen) atoms. The van der Waals surface area contributed by atoms with E-state index in [2.05, 4.69) is 15.9 Å². The minimum absolute atomic E-state index is 0.762. The van der Waals surface area contributed by atoms with E-state index in [9.17, 15) is 4.79 Å². The minimum Gasteiger partial charge on any atom is -0.345 e. The zero-order valence-corrected chi connectivity index (χ0v) is 8.22. The highest BCUT2D eigenvalue weighted by atomic mass is 79.9. The molecule has 1 amide bonds. The molecule has 1 aliphatic rings. The van der Waals surface area contributed by atoms with Gasteiger partial charge in [-0.05, 0) is 25.2 Å². The molecule has 3 heteroatoms. The van der Waals surface area contributed by atoms with Crippen molar-refractivity contribution in [1.82, 2.24) is 4.90 Å². The van der Waals surface area contributed by atoms with Crippen LogP contribution in [0.4, 0.5) is 0 Å². The van der Waals surface area contributed by atoms with Gasteiger partial charge < -0.3 is 4.90 Å². The lowest BCUT2D eigenvalue weighted by Crippen LogP contribution is -2.17. The lowest BCUT2D eigenvalue weighted by molar-refractivity contribution is -0.117. The first-order chi connectivity index (χ1) is 5.36. The molecule has 1 unspecified atom stereocenters. The van der Waals surface area contributed by atoms with E-state index in [1.807, 2.05) is 4.90 Å². The van der Waals surface area contributed by atoms with Crippen LogP contribution < -0.4 is 0 Å². The van der Waals surface area contributed by atoms with Gasteiger partial charge in [0.05, 0.1) is 0 Å². The Hall–Kier alpha value is -0.0500. The fourth-order valence-electron chi connectivity index (χ4n) is 1.56. The summed E-state index contributed by atoms with van der Waals surface area (Å²) in [6.07, 6.45) is 4.66. The highest BCUT2D eigenvalue weighted by Crippen LogP contribution is 2.19. The molecular weight excluding hydrogens is 206 g/mol. The quantitative estimate of drug-likeness (QED) is 0.521. The molecule has 0 spiro atoms. The van der Waals surface area contributed by atoms with Gasteiger partial charge in [-0.2, -0.15) is 0 Å². The Morgan fingerprint density at radius 2 is 2.45 bits per heavy atom. The van der Waals surface area contributed by atoms with Gasteiger partial charge in [-0.1, -0.05) is 15.9 Å². The van der Waals surface area contributed by atoms with E-state index in [1.54, 1.807) is 0 Å². The van der Waals surface area contributed by atoms with Crippen LogP contribution in [0.15, 0.2) is 0 Å². The number of amides is 1. The molecule has 64 valence electrons. The predicted octanol–water partition coefficient (Wildman–Crippen LogP) is 1.64. The Morgan fingerprint density at radius 1 is 1.64 bits per heavy atom. The van der Waals surface area contributed by atoms with Crippen LogP contribution in [0.3, 0.4) is 0 Å². The number of carbonyl (C=O) groups excluding carboxylic acids is 1. The Morgan fingerprint density at radius 3 is 3.00 bits per heavy atom. The maximum atomic E-state index is 10.3. The van der Waals surface area contributed by atoms with Gasteiger partial charge in [-0.15, -0.1) is 0 Å². The van der Waals surface area contributed by atoms with Gasteiger partial charge in [0.2, 0.25) is 6.41 Å².